The van der Waals surface area contributed by atoms with E-state index in [-0.39, 0.29) is 28.2 Å². The third-order valence-electron chi connectivity index (χ3n) is 2.82. The average Bonchev–Trinajstić information content (AvgIpc) is 3.52. The van der Waals surface area contributed by atoms with Crippen LogP contribution in [-0.4, -0.2) is 36.2 Å². The molecule has 9 nitrogen and oxygen atoms in total. The van der Waals surface area contributed by atoms with Crippen LogP contribution >= 0.6 is 0 Å². The molecule has 136 valence electrons. The van der Waals surface area contributed by atoms with E-state index >= 15 is 0 Å². The van der Waals surface area contributed by atoms with E-state index in [4.69, 9.17) is 9.30 Å². The molecule has 0 bridgehead atoms. The summed E-state index contributed by atoms with van der Waals surface area (Å²) >= 11 is 0. The van der Waals surface area contributed by atoms with Gasteiger partial charge in [0.2, 0.25) is 0 Å². The van der Waals surface area contributed by atoms with E-state index in [0.717, 1.165) is 0 Å². The molecule has 27 heavy (non-hydrogen) atoms. The summed E-state index contributed by atoms with van der Waals surface area (Å²) < 4.78 is 25.1. The van der Waals surface area contributed by atoms with Crippen LogP contribution < -0.4 is 0 Å². The zero-order valence-corrected chi connectivity index (χ0v) is 16.0. The van der Waals surface area contributed by atoms with Gasteiger partial charge in [-0.15, -0.1) is 0 Å². The standard InChI is InChI=1S/C9H9BN6.C5H5O.2CO.Mo/c1-4-11-14(7-1)10(15-8-2-5-12-15)16-9-3-6-13-16;1-2-4-6-5-3-1;2*1-2;/h1-9H;1-5H;;;/q-1;;;;. The molecule has 1 aliphatic heterocycles. The molecule has 4 heterocycles. The number of hydrogen-bond acceptors (Lipinski definition) is 4. The predicted octanol–water partition coefficient (Wildman–Crippen LogP) is 1.38. The maximum Gasteiger partial charge on any atom is 0.260 e. The summed E-state index contributed by atoms with van der Waals surface area (Å²) in [5, 5.41) is 12.7. The summed E-state index contributed by atoms with van der Waals surface area (Å²) in [5.41, 5.74) is 0. The molecule has 1 aliphatic rings. The van der Waals surface area contributed by atoms with E-state index in [9.17, 15) is 0 Å². The van der Waals surface area contributed by atoms with Crippen LogP contribution in [0.1, 0.15) is 0 Å². The van der Waals surface area contributed by atoms with Gasteiger partial charge in [-0.1, -0.05) is 0 Å². The first-order valence-corrected chi connectivity index (χ1v) is 7.14. The summed E-state index contributed by atoms with van der Waals surface area (Å²) in [5.74, 6) is 0. The van der Waals surface area contributed by atoms with E-state index in [0.29, 0.717) is 0 Å². The predicted molar refractivity (Wildman–Crippen MR) is 90.2 cm³/mol. The van der Waals surface area contributed by atoms with Crippen molar-refractivity contribution < 1.29 is 35.1 Å². The molecule has 4 rings (SSSR count). The Balaban J connectivity index is 0.000000521. The molecule has 2 radical (unpaired) electrons. The minimum atomic E-state index is -0.194. The second-order valence-electron chi connectivity index (χ2n) is 4.29. The van der Waals surface area contributed by atoms with E-state index in [1.54, 1.807) is 44.9 Å². The van der Waals surface area contributed by atoms with Crippen molar-refractivity contribution in [3.05, 3.63) is 99.8 Å². The zero-order valence-electron chi connectivity index (χ0n) is 14.0. The normalized spacial score (nSPS) is 10.6. The number of allylic oxidation sites excluding steroid dienone is 2. The van der Waals surface area contributed by atoms with E-state index in [1.807, 2.05) is 55.4 Å². The van der Waals surface area contributed by atoms with Crippen LogP contribution in [0.5, 0.6) is 0 Å². The summed E-state index contributed by atoms with van der Waals surface area (Å²) in [7, 11) is -0.194. The van der Waals surface area contributed by atoms with E-state index < -0.39 is 0 Å². The Bertz CT molecular complexity index is 691. The van der Waals surface area contributed by atoms with Crippen LogP contribution in [0.2, 0.25) is 0 Å². The Morgan fingerprint density at radius 2 is 1.07 bits per heavy atom. The van der Waals surface area contributed by atoms with Crippen molar-refractivity contribution in [1.29, 1.82) is 0 Å². The van der Waals surface area contributed by atoms with Crippen molar-refractivity contribution >= 4 is 7.12 Å². The molecule has 0 N–H and O–H groups in total. The number of hydrogen-bond donors (Lipinski definition) is 0. The van der Waals surface area contributed by atoms with Crippen molar-refractivity contribution in [2.24, 2.45) is 0 Å². The van der Waals surface area contributed by atoms with E-state index in [2.05, 4.69) is 33.3 Å². The second-order valence-corrected chi connectivity index (χ2v) is 4.29. The fourth-order valence-electron chi connectivity index (χ4n) is 1.91. The van der Waals surface area contributed by atoms with Crippen LogP contribution in [0.15, 0.2) is 80.1 Å². The van der Waals surface area contributed by atoms with Crippen LogP contribution in [0.25, 0.3) is 0 Å². The Morgan fingerprint density at radius 3 is 1.26 bits per heavy atom. The van der Waals surface area contributed by atoms with Crippen molar-refractivity contribution in [2.45, 2.75) is 0 Å². The first kappa shape index (κ1) is 24.1. The van der Waals surface area contributed by atoms with Gasteiger partial charge in [-0.3, -0.25) is 0 Å². The molecule has 0 unspecified atom stereocenters. The number of ether oxygens (including phenoxy) is 1. The maximum absolute atomic E-state index is 7.50. The molecule has 0 atom stereocenters. The van der Waals surface area contributed by atoms with E-state index in [1.165, 1.54) is 0 Å². The van der Waals surface area contributed by atoms with Gasteiger partial charge in [-0.05, 0) is 48.9 Å². The number of aromatic nitrogens is 6. The summed E-state index contributed by atoms with van der Waals surface area (Å²) in [4.78, 5) is 0. The molecular weight excluding hydrogens is 431 g/mol. The summed E-state index contributed by atoms with van der Waals surface area (Å²) in [6.07, 6.45) is 19.7. The topological polar surface area (TPSA) is 102 Å². The largest absolute Gasteiger partial charge is 0.473 e. The van der Waals surface area contributed by atoms with Gasteiger partial charge in [0.15, 0.2) is 0 Å². The molecule has 0 spiro atoms. The monoisotopic (exact) mass is 447 g/mol. The van der Waals surface area contributed by atoms with Crippen LogP contribution in [-0.2, 0) is 35.1 Å². The van der Waals surface area contributed by atoms with Gasteiger partial charge >= 0.3 is 22.6 Å². The Morgan fingerprint density at radius 1 is 0.704 bits per heavy atom. The van der Waals surface area contributed by atoms with Crippen LogP contribution in [0, 0.1) is 19.7 Å². The Labute approximate surface area is 171 Å². The maximum atomic E-state index is 7.50. The molecule has 0 aromatic carbocycles. The molecule has 0 saturated carbocycles. The molecule has 3 aromatic rings. The first-order valence-electron chi connectivity index (χ1n) is 7.14. The van der Waals surface area contributed by atoms with Crippen molar-refractivity contribution in [2.75, 3.05) is 0 Å². The molecule has 0 saturated heterocycles. The fourth-order valence-corrected chi connectivity index (χ4v) is 1.91. The van der Waals surface area contributed by atoms with Gasteiger partial charge in [-0.25, -0.2) is 15.3 Å². The van der Waals surface area contributed by atoms with Crippen molar-refractivity contribution in [3.8, 4) is 0 Å². The quantitative estimate of drug-likeness (QED) is 0.345. The Hall–Kier alpha value is -2.86. The smallest absolute Gasteiger partial charge is 0.260 e. The molecule has 11 heteroatoms. The van der Waals surface area contributed by atoms with Crippen molar-refractivity contribution in [1.82, 2.24) is 29.1 Å². The van der Waals surface area contributed by atoms with Gasteiger partial charge in [0.05, 0.1) is 12.5 Å². The minimum Gasteiger partial charge on any atom is -0.473 e. The van der Waals surface area contributed by atoms with Gasteiger partial charge in [0.1, 0.15) is 0 Å². The average molecular weight is 445 g/mol. The van der Waals surface area contributed by atoms with Crippen LogP contribution in [0.3, 0.4) is 0 Å². The second kappa shape index (κ2) is 15.4. The van der Waals surface area contributed by atoms with Crippen LogP contribution in [0.4, 0.5) is 0 Å². The molecule has 3 aromatic heterocycles. The molecule has 0 aliphatic carbocycles. The fraction of sp³-hybridized carbons (Fsp3) is 0. The molecule has 0 amide bonds. The number of nitrogens with zero attached hydrogens (tertiary/aromatic N) is 6. The third-order valence-corrected chi connectivity index (χ3v) is 2.82. The third kappa shape index (κ3) is 7.92. The van der Waals surface area contributed by atoms with Gasteiger partial charge in [-0.2, -0.15) is 0 Å². The SMILES string of the molecule is [C-]#[O+].[C-]#[O+].[CH]1C=COC=C1.[Mo].c1cnn([B-](n2cccn2)n2cccn2)c1. The first-order chi connectivity index (χ1) is 12.9. The molecular formula is C16H14BMoN6O3-. The van der Waals surface area contributed by atoms with Gasteiger partial charge in [0.25, 0.3) is 7.12 Å². The molecule has 0 fully saturated rings. The van der Waals surface area contributed by atoms with Crippen molar-refractivity contribution in [3.63, 3.8) is 0 Å². The number of rotatable bonds is 3. The summed E-state index contributed by atoms with van der Waals surface area (Å²) in [6.45, 7) is 9.00. The van der Waals surface area contributed by atoms with Gasteiger partial charge in [0, 0.05) is 46.1 Å². The Kier molecular flexibility index (Phi) is 13.8. The van der Waals surface area contributed by atoms with Gasteiger partial charge < -0.3 is 18.5 Å². The minimum absolute atomic E-state index is 0. The summed E-state index contributed by atoms with van der Waals surface area (Å²) in [6, 6.07) is 5.62. The zero-order chi connectivity index (χ0) is 19.0.